The second kappa shape index (κ2) is 8.80. The predicted molar refractivity (Wildman–Crippen MR) is 85.9 cm³/mol. The van der Waals surface area contributed by atoms with Crippen molar-refractivity contribution in [3.8, 4) is 0 Å². The number of anilines is 1. The maximum absolute atomic E-state index is 12.6. The van der Waals surface area contributed by atoms with E-state index in [1.807, 2.05) is 37.8 Å². The molecule has 0 bridgehead atoms. The lowest BCUT2D eigenvalue weighted by atomic mass is 10.0. The highest BCUT2D eigenvalue weighted by molar-refractivity contribution is 5.96. The van der Waals surface area contributed by atoms with E-state index in [4.69, 9.17) is 9.47 Å². The molecule has 0 aliphatic carbocycles. The van der Waals surface area contributed by atoms with Gasteiger partial charge in [-0.05, 0) is 38.3 Å². The van der Waals surface area contributed by atoms with Gasteiger partial charge in [-0.3, -0.25) is 4.79 Å². The summed E-state index contributed by atoms with van der Waals surface area (Å²) in [5.41, 5.74) is 3.26. The first-order chi connectivity index (χ1) is 10.1. The molecule has 1 atom stereocenters. The Kier molecular flexibility index (Phi) is 7.40. The number of rotatable bonds is 8. The van der Waals surface area contributed by atoms with Crippen molar-refractivity contribution in [2.75, 3.05) is 31.8 Å². The average Bonchev–Trinajstić information content (AvgIpc) is 2.47. The molecule has 1 aromatic rings. The third-order valence-electron chi connectivity index (χ3n) is 3.49. The highest BCUT2D eigenvalue weighted by Crippen LogP contribution is 2.28. The highest BCUT2D eigenvalue weighted by atomic mass is 16.5. The Balaban J connectivity index is 3.20. The van der Waals surface area contributed by atoms with Crippen LogP contribution in [-0.4, -0.2) is 38.9 Å². The topological polar surface area (TPSA) is 38.8 Å². The van der Waals surface area contributed by atoms with Crippen molar-refractivity contribution in [3.05, 3.63) is 29.3 Å². The first kappa shape index (κ1) is 17.7. The van der Waals surface area contributed by atoms with Crippen LogP contribution in [0.2, 0.25) is 0 Å². The Labute approximate surface area is 128 Å². The SMILES string of the molecule is CCOCC(=O)N(c1c(C)cccc1CC)C(C)COC. The molecule has 0 N–H and O–H groups in total. The van der Waals surface area contributed by atoms with Gasteiger partial charge in [0.15, 0.2) is 0 Å². The molecule has 0 aliphatic heterocycles. The second-order valence-corrected chi connectivity index (χ2v) is 5.14. The number of amides is 1. The van der Waals surface area contributed by atoms with Crippen LogP contribution in [0, 0.1) is 6.92 Å². The minimum absolute atomic E-state index is 0.0228. The molecule has 0 aromatic heterocycles. The number of hydrogen-bond donors (Lipinski definition) is 0. The molecule has 0 saturated carbocycles. The largest absolute Gasteiger partial charge is 0.383 e. The van der Waals surface area contributed by atoms with Crippen LogP contribution in [0.15, 0.2) is 18.2 Å². The summed E-state index contributed by atoms with van der Waals surface area (Å²) in [5, 5.41) is 0. The van der Waals surface area contributed by atoms with Crippen LogP contribution in [0.5, 0.6) is 0 Å². The van der Waals surface area contributed by atoms with Crippen molar-refractivity contribution in [2.45, 2.75) is 40.2 Å². The van der Waals surface area contributed by atoms with Gasteiger partial charge in [0.05, 0.1) is 18.3 Å². The number of carbonyl (C=O) groups excluding carboxylic acids is 1. The van der Waals surface area contributed by atoms with Gasteiger partial charge < -0.3 is 14.4 Å². The van der Waals surface area contributed by atoms with Gasteiger partial charge in [0.2, 0.25) is 0 Å². The molecule has 4 nitrogen and oxygen atoms in total. The van der Waals surface area contributed by atoms with Gasteiger partial charge in [0.25, 0.3) is 5.91 Å². The summed E-state index contributed by atoms with van der Waals surface area (Å²) in [6, 6.07) is 6.11. The number of aryl methyl sites for hydroxylation is 2. The van der Waals surface area contributed by atoms with Crippen LogP contribution in [0.1, 0.15) is 31.9 Å². The smallest absolute Gasteiger partial charge is 0.253 e. The Morgan fingerprint density at radius 1 is 1.33 bits per heavy atom. The zero-order valence-electron chi connectivity index (χ0n) is 13.8. The van der Waals surface area contributed by atoms with E-state index in [1.54, 1.807) is 7.11 Å². The van der Waals surface area contributed by atoms with Gasteiger partial charge in [0, 0.05) is 13.7 Å². The number of nitrogens with zero attached hydrogens (tertiary/aromatic N) is 1. The molecule has 0 spiro atoms. The van der Waals surface area contributed by atoms with Crippen LogP contribution in [0.4, 0.5) is 5.69 Å². The standard InChI is InChI=1S/C17H27NO3/c1-6-15-10-8-9-13(3)17(15)18(14(4)11-20-5)16(19)12-21-7-2/h8-10,14H,6-7,11-12H2,1-5H3. The van der Waals surface area contributed by atoms with E-state index in [2.05, 4.69) is 13.0 Å². The summed E-state index contributed by atoms with van der Waals surface area (Å²) >= 11 is 0. The molecule has 0 saturated heterocycles. The molecule has 0 fully saturated rings. The molecule has 1 aromatic carbocycles. The minimum Gasteiger partial charge on any atom is -0.383 e. The lowest BCUT2D eigenvalue weighted by Crippen LogP contribution is -2.44. The van der Waals surface area contributed by atoms with Crippen molar-refractivity contribution in [3.63, 3.8) is 0 Å². The van der Waals surface area contributed by atoms with Crippen molar-refractivity contribution in [1.82, 2.24) is 0 Å². The van der Waals surface area contributed by atoms with Crippen molar-refractivity contribution in [2.24, 2.45) is 0 Å². The summed E-state index contributed by atoms with van der Waals surface area (Å²) in [7, 11) is 1.65. The zero-order valence-corrected chi connectivity index (χ0v) is 13.8. The van der Waals surface area contributed by atoms with Crippen molar-refractivity contribution in [1.29, 1.82) is 0 Å². The molecule has 0 aliphatic rings. The van der Waals surface area contributed by atoms with E-state index >= 15 is 0 Å². The van der Waals surface area contributed by atoms with Crippen LogP contribution in [0.25, 0.3) is 0 Å². The molecule has 21 heavy (non-hydrogen) atoms. The molecule has 118 valence electrons. The predicted octanol–water partition coefficient (Wildman–Crippen LogP) is 2.96. The molecule has 1 rings (SSSR count). The first-order valence-corrected chi connectivity index (χ1v) is 7.53. The van der Waals surface area contributed by atoms with Gasteiger partial charge in [-0.15, -0.1) is 0 Å². The van der Waals surface area contributed by atoms with E-state index in [-0.39, 0.29) is 18.6 Å². The molecule has 0 heterocycles. The quantitative estimate of drug-likeness (QED) is 0.739. The fourth-order valence-corrected chi connectivity index (χ4v) is 2.52. The van der Waals surface area contributed by atoms with Gasteiger partial charge in [-0.1, -0.05) is 25.1 Å². The molecular formula is C17H27NO3. The van der Waals surface area contributed by atoms with Crippen LogP contribution >= 0.6 is 0 Å². The molecular weight excluding hydrogens is 266 g/mol. The summed E-state index contributed by atoms with van der Waals surface area (Å²) in [5.74, 6) is -0.0228. The Bertz CT molecular complexity index is 459. The third-order valence-corrected chi connectivity index (χ3v) is 3.49. The van der Waals surface area contributed by atoms with E-state index in [0.29, 0.717) is 13.2 Å². The lowest BCUT2D eigenvalue weighted by molar-refractivity contribution is -0.123. The molecule has 1 amide bonds. The first-order valence-electron chi connectivity index (χ1n) is 7.53. The summed E-state index contributed by atoms with van der Waals surface area (Å²) in [6.45, 7) is 9.16. The lowest BCUT2D eigenvalue weighted by Gasteiger charge is -2.32. The average molecular weight is 293 g/mol. The summed E-state index contributed by atoms with van der Waals surface area (Å²) in [4.78, 5) is 14.4. The normalized spacial score (nSPS) is 12.2. The Morgan fingerprint density at radius 2 is 2.05 bits per heavy atom. The van der Waals surface area contributed by atoms with Crippen molar-refractivity contribution >= 4 is 11.6 Å². The molecule has 0 radical (unpaired) electrons. The van der Waals surface area contributed by atoms with Gasteiger partial charge in [-0.2, -0.15) is 0 Å². The van der Waals surface area contributed by atoms with E-state index in [0.717, 1.165) is 17.7 Å². The number of ether oxygens (including phenoxy) is 2. The van der Waals surface area contributed by atoms with E-state index in [1.165, 1.54) is 5.56 Å². The monoisotopic (exact) mass is 293 g/mol. The van der Waals surface area contributed by atoms with Crippen molar-refractivity contribution < 1.29 is 14.3 Å². The highest BCUT2D eigenvalue weighted by Gasteiger charge is 2.25. The fourth-order valence-electron chi connectivity index (χ4n) is 2.52. The molecule has 4 heteroatoms. The summed E-state index contributed by atoms with van der Waals surface area (Å²) < 4.78 is 10.5. The number of methoxy groups -OCH3 is 1. The molecule has 1 unspecified atom stereocenters. The van der Waals surface area contributed by atoms with E-state index in [9.17, 15) is 4.79 Å². The Morgan fingerprint density at radius 3 is 2.62 bits per heavy atom. The van der Waals surface area contributed by atoms with Crippen LogP contribution in [-0.2, 0) is 20.7 Å². The van der Waals surface area contributed by atoms with Gasteiger partial charge >= 0.3 is 0 Å². The van der Waals surface area contributed by atoms with Crippen LogP contribution < -0.4 is 4.90 Å². The fraction of sp³-hybridized carbons (Fsp3) is 0.588. The van der Waals surface area contributed by atoms with Crippen LogP contribution in [0.3, 0.4) is 0 Å². The Hall–Kier alpha value is -1.39. The third kappa shape index (κ3) is 4.55. The number of carbonyl (C=O) groups is 1. The number of hydrogen-bond acceptors (Lipinski definition) is 3. The number of para-hydroxylation sites is 1. The maximum atomic E-state index is 12.6. The van der Waals surface area contributed by atoms with E-state index < -0.39 is 0 Å². The second-order valence-electron chi connectivity index (χ2n) is 5.14. The maximum Gasteiger partial charge on any atom is 0.253 e. The minimum atomic E-state index is -0.0330. The zero-order chi connectivity index (χ0) is 15.8. The number of benzene rings is 1. The summed E-state index contributed by atoms with van der Waals surface area (Å²) in [6.07, 6.45) is 0.884. The van der Waals surface area contributed by atoms with Gasteiger partial charge in [-0.25, -0.2) is 0 Å². The van der Waals surface area contributed by atoms with Gasteiger partial charge in [0.1, 0.15) is 6.61 Å².